The molecular formula is C19H23N3O4S. The molecule has 1 amide bonds. The molecule has 3 rings (SSSR count). The number of anilines is 1. The van der Waals surface area contributed by atoms with Gasteiger partial charge in [0.2, 0.25) is 0 Å². The lowest BCUT2D eigenvalue weighted by atomic mass is 10.2. The van der Waals surface area contributed by atoms with Crippen LogP contribution in [0.4, 0.5) is 5.69 Å². The largest absolute Gasteiger partial charge is 0.495 e. The number of hydrogen-bond donors (Lipinski definition) is 3. The summed E-state index contributed by atoms with van der Waals surface area (Å²) < 4.78 is 33.0. The molecule has 1 unspecified atom stereocenters. The summed E-state index contributed by atoms with van der Waals surface area (Å²) in [5.74, 6) is 0.534. The van der Waals surface area contributed by atoms with E-state index >= 15 is 0 Å². The highest BCUT2D eigenvalue weighted by molar-refractivity contribution is 7.92. The number of amides is 1. The van der Waals surface area contributed by atoms with Crippen LogP contribution in [0.3, 0.4) is 0 Å². The molecule has 2 aromatic rings. The topological polar surface area (TPSA) is 111 Å². The van der Waals surface area contributed by atoms with Crippen LogP contribution in [0.5, 0.6) is 5.75 Å². The van der Waals surface area contributed by atoms with Crippen LogP contribution in [-0.2, 0) is 10.0 Å². The van der Waals surface area contributed by atoms with Gasteiger partial charge in [0.15, 0.2) is 0 Å². The van der Waals surface area contributed by atoms with Gasteiger partial charge >= 0.3 is 0 Å². The maximum Gasteiger partial charge on any atom is 0.262 e. The number of nitrogens with two attached hydrogens (primary N) is 1. The van der Waals surface area contributed by atoms with Gasteiger partial charge in [-0.1, -0.05) is 18.2 Å². The lowest BCUT2D eigenvalue weighted by Gasteiger charge is -2.13. The Bertz CT molecular complexity index is 926. The van der Waals surface area contributed by atoms with Crippen molar-refractivity contribution in [2.45, 2.75) is 23.8 Å². The third kappa shape index (κ3) is 4.78. The molecule has 0 bridgehead atoms. The minimum absolute atomic E-state index is 0.00690. The lowest BCUT2D eigenvalue weighted by Crippen LogP contribution is -2.38. The van der Waals surface area contributed by atoms with Crippen molar-refractivity contribution in [2.75, 3.05) is 18.4 Å². The van der Waals surface area contributed by atoms with Crippen LogP contribution >= 0.6 is 0 Å². The molecule has 0 saturated heterocycles. The lowest BCUT2D eigenvalue weighted by molar-refractivity contribution is 0.0950. The standard InChI is InChI=1S/C19H23N3O4S/c1-26-18-8-3-2-7-17(18)22-27(24,25)15-6-4-5-14(11-15)19(23)21-12-16(20)13-9-10-13/h2-8,11,13,16,22H,9-10,12,20H2,1H3,(H,21,23). The average molecular weight is 389 g/mol. The van der Waals surface area contributed by atoms with Crippen molar-refractivity contribution in [3.05, 3.63) is 54.1 Å². The smallest absolute Gasteiger partial charge is 0.262 e. The molecule has 0 aliphatic heterocycles. The van der Waals surface area contributed by atoms with Crippen molar-refractivity contribution in [3.63, 3.8) is 0 Å². The molecule has 0 heterocycles. The third-order valence-electron chi connectivity index (χ3n) is 4.48. The van der Waals surface area contributed by atoms with E-state index in [0.29, 0.717) is 23.9 Å². The van der Waals surface area contributed by atoms with E-state index in [2.05, 4.69) is 10.0 Å². The van der Waals surface area contributed by atoms with Gasteiger partial charge in [-0.3, -0.25) is 9.52 Å². The fourth-order valence-corrected chi connectivity index (χ4v) is 3.86. The first-order valence-electron chi connectivity index (χ1n) is 8.70. The molecule has 1 aliphatic rings. The quantitative estimate of drug-likeness (QED) is 0.639. The number of benzene rings is 2. The van der Waals surface area contributed by atoms with E-state index in [0.717, 1.165) is 12.8 Å². The molecule has 0 spiro atoms. The second-order valence-corrected chi connectivity index (χ2v) is 8.23. The molecule has 8 heteroatoms. The molecule has 1 fully saturated rings. The molecule has 7 nitrogen and oxygen atoms in total. The predicted molar refractivity (Wildman–Crippen MR) is 103 cm³/mol. The Morgan fingerprint density at radius 1 is 1.22 bits per heavy atom. The number of rotatable bonds is 8. The van der Waals surface area contributed by atoms with Gasteiger partial charge in [-0.15, -0.1) is 0 Å². The summed E-state index contributed by atoms with van der Waals surface area (Å²) in [7, 11) is -2.41. The molecule has 0 aromatic heterocycles. The second-order valence-electron chi connectivity index (χ2n) is 6.54. The van der Waals surface area contributed by atoms with Crippen molar-refractivity contribution in [1.82, 2.24) is 5.32 Å². The minimum atomic E-state index is -3.87. The zero-order chi connectivity index (χ0) is 19.4. The van der Waals surface area contributed by atoms with E-state index in [-0.39, 0.29) is 22.4 Å². The molecule has 1 saturated carbocycles. The van der Waals surface area contributed by atoms with Gasteiger partial charge in [0.1, 0.15) is 5.75 Å². The van der Waals surface area contributed by atoms with Crippen LogP contribution in [-0.4, -0.2) is 34.0 Å². The Morgan fingerprint density at radius 2 is 1.96 bits per heavy atom. The Hall–Kier alpha value is -2.58. The highest BCUT2D eigenvalue weighted by Crippen LogP contribution is 2.31. The number of ether oxygens (including phenoxy) is 1. The fraction of sp³-hybridized carbons (Fsp3) is 0.316. The van der Waals surface area contributed by atoms with Crippen molar-refractivity contribution in [1.29, 1.82) is 0 Å². The van der Waals surface area contributed by atoms with Crippen molar-refractivity contribution < 1.29 is 17.9 Å². The normalized spacial score (nSPS) is 15.0. The van der Waals surface area contributed by atoms with Crippen LogP contribution in [0.1, 0.15) is 23.2 Å². The Morgan fingerprint density at radius 3 is 2.67 bits per heavy atom. The third-order valence-corrected chi connectivity index (χ3v) is 5.85. The summed E-state index contributed by atoms with van der Waals surface area (Å²) in [4.78, 5) is 12.3. The van der Waals surface area contributed by atoms with E-state index in [1.165, 1.54) is 25.3 Å². The molecule has 144 valence electrons. The van der Waals surface area contributed by atoms with Crippen molar-refractivity contribution in [2.24, 2.45) is 11.7 Å². The summed E-state index contributed by atoms with van der Waals surface area (Å²) in [6.07, 6.45) is 2.19. The fourth-order valence-electron chi connectivity index (χ4n) is 2.74. The highest BCUT2D eigenvalue weighted by Gasteiger charge is 2.28. The Kier molecular flexibility index (Phi) is 5.67. The Labute approximate surface area is 159 Å². The van der Waals surface area contributed by atoms with E-state index in [9.17, 15) is 13.2 Å². The van der Waals surface area contributed by atoms with Crippen LogP contribution in [0.25, 0.3) is 0 Å². The van der Waals surface area contributed by atoms with Crippen LogP contribution in [0.15, 0.2) is 53.4 Å². The maximum atomic E-state index is 12.7. The van der Waals surface area contributed by atoms with Gasteiger partial charge in [0.25, 0.3) is 15.9 Å². The van der Waals surface area contributed by atoms with Gasteiger partial charge in [0, 0.05) is 18.2 Å². The van der Waals surface area contributed by atoms with E-state index in [4.69, 9.17) is 10.5 Å². The number of sulfonamides is 1. The highest BCUT2D eigenvalue weighted by atomic mass is 32.2. The average Bonchev–Trinajstić information content (AvgIpc) is 3.51. The van der Waals surface area contributed by atoms with Gasteiger partial charge in [-0.05, 0) is 49.1 Å². The van der Waals surface area contributed by atoms with Crippen molar-refractivity contribution in [3.8, 4) is 5.75 Å². The number of methoxy groups -OCH3 is 1. The van der Waals surface area contributed by atoms with Crippen LogP contribution < -0.4 is 20.5 Å². The number of carbonyl (C=O) groups excluding carboxylic acids is 1. The molecule has 1 aliphatic carbocycles. The molecular weight excluding hydrogens is 366 g/mol. The monoisotopic (exact) mass is 389 g/mol. The molecule has 4 N–H and O–H groups in total. The summed E-state index contributed by atoms with van der Waals surface area (Å²) in [5.41, 5.74) is 6.57. The Balaban J connectivity index is 1.74. The van der Waals surface area contributed by atoms with Gasteiger partial charge < -0.3 is 15.8 Å². The zero-order valence-electron chi connectivity index (χ0n) is 15.0. The van der Waals surface area contributed by atoms with Gasteiger partial charge in [0.05, 0.1) is 17.7 Å². The molecule has 1 atom stereocenters. The van der Waals surface area contributed by atoms with Crippen molar-refractivity contribution >= 4 is 21.6 Å². The number of para-hydroxylation sites is 2. The molecule has 27 heavy (non-hydrogen) atoms. The molecule has 0 radical (unpaired) electrons. The number of hydrogen-bond acceptors (Lipinski definition) is 5. The first kappa shape index (κ1) is 19.2. The van der Waals surface area contributed by atoms with Gasteiger partial charge in [-0.2, -0.15) is 0 Å². The summed E-state index contributed by atoms with van der Waals surface area (Å²) >= 11 is 0. The van der Waals surface area contributed by atoms with E-state index in [1.54, 1.807) is 30.3 Å². The first-order chi connectivity index (χ1) is 12.9. The summed E-state index contributed by atoms with van der Waals surface area (Å²) in [6, 6.07) is 12.5. The second kappa shape index (κ2) is 7.98. The molecule has 2 aromatic carbocycles. The van der Waals surface area contributed by atoms with Crippen LogP contribution in [0, 0.1) is 5.92 Å². The summed E-state index contributed by atoms with van der Waals surface area (Å²) in [6.45, 7) is 0.375. The van der Waals surface area contributed by atoms with Crippen LogP contribution in [0.2, 0.25) is 0 Å². The first-order valence-corrected chi connectivity index (χ1v) is 10.2. The summed E-state index contributed by atoms with van der Waals surface area (Å²) in [5, 5.41) is 2.77. The van der Waals surface area contributed by atoms with E-state index < -0.39 is 10.0 Å². The zero-order valence-corrected chi connectivity index (χ0v) is 15.8. The van der Waals surface area contributed by atoms with Gasteiger partial charge in [-0.25, -0.2) is 8.42 Å². The minimum Gasteiger partial charge on any atom is -0.495 e. The predicted octanol–water partition coefficient (Wildman–Crippen LogP) is 1.96. The SMILES string of the molecule is COc1ccccc1NS(=O)(=O)c1cccc(C(=O)NCC(N)C2CC2)c1. The number of carbonyl (C=O) groups is 1. The number of nitrogens with one attached hydrogen (secondary N) is 2. The maximum absolute atomic E-state index is 12.7. The van der Waals surface area contributed by atoms with E-state index in [1.807, 2.05) is 0 Å².